The lowest BCUT2D eigenvalue weighted by Gasteiger charge is -2.14. The normalized spacial score (nSPS) is 11.7. The third-order valence-corrected chi connectivity index (χ3v) is 3.05. The second kappa shape index (κ2) is 5.09. The Balaban J connectivity index is 3.30. The largest absolute Gasteiger partial charge is 0.493 e. The summed E-state index contributed by atoms with van der Waals surface area (Å²) in [5.74, 6) is 4.10. The molecule has 80 valence electrons. The minimum Gasteiger partial charge on any atom is -0.493 e. The number of benzene rings is 1. The van der Waals surface area contributed by atoms with Gasteiger partial charge in [0, 0.05) is 5.92 Å². The second-order valence-electron chi connectivity index (χ2n) is 3.09. The van der Waals surface area contributed by atoms with Gasteiger partial charge in [0.25, 0.3) is 0 Å². The maximum absolute atomic E-state index is 5.39. The average Bonchev–Trinajstić information content (AvgIpc) is 2.27. The Kier molecular flexibility index (Phi) is 4.05. The monoisotopic (exact) mass is 268 g/mol. The van der Waals surface area contributed by atoms with Gasteiger partial charge < -0.3 is 9.47 Å². The molecule has 0 N–H and O–H groups in total. The summed E-state index contributed by atoms with van der Waals surface area (Å²) >= 11 is 3.47. The van der Waals surface area contributed by atoms with E-state index in [1.807, 2.05) is 19.1 Å². The van der Waals surface area contributed by atoms with E-state index in [4.69, 9.17) is 15.9 Å². The summed E-state index contributed by atoms with van der Waals surface area (Å²) in [4.78, 5) is 0. The molecule has 1 unspecified atom stereocenters. The molecule has 15 heavy (non-hydrogen) atoms. The topological polar surface area (TPSA) is 18.5 Å². The van der Waals surface area contributed by atoms with Crippen molar-refractivity contribution in [1.29, 1.82) is 0 Å². The van der Waals surface area contributed by atoms with Gasteiger partial charge in [0.2, 0.25) is 0 Å². The van der Waals surface area contributed by atoms with Crippen molar-refractivity contribution in [3.8, 4) is 23.8 Å². The molecule has 1 aromatic carbocycles. The van der Waals surface area contributed by atoms with Gasteiger partial charge in [0.15, 0.2) is 11.5 Å². The molecule has 0 bridgehead atoms. The van der Waals surface area contributed by atoms with Crippen LogP contribution in [0.2, 0.25) is 0 Å². The number of ether oxygens (including phenoxy) is 2. The fourth-order valence-corrected chi connectivity index (χ4v) is 2.16. The van der Waals surface area contributed by atoms with E-state index < -0.39 is 0 Å². The zero-order chi connectivity index (χ0) is 11.4. The zero-order valence-corrected chi connectivity index (χ0v) is 10.6. The number of terminal acetylenes is 1. The molecule has 0 saturated heterocycles. The van der Waals surface area contributed by atoms with Crippen molar-refractivity contribution in [3.05, 3.63) is 22.2 Å². The summed E-state index contributed by atoms with van der Waals surface area (Å²) in [6.07, 6.45) is 5.39. The molecular weight excluding hydrogens is 256 g/mol. The Morgan fingerprint density at radius 1 is 1.33 bits per heavy atom. The number of halogens is 1. The molecule has 0 heterocycles. The van der Waals surface area contributed by atoms with Crippen molar-refractivity contribution in [2.24, 2.45) is 0 Å². The molecule has 0 saturated carbocycles. The Morgan fingerprint density at radius 3 is 2.47 bits per heavy atom. The van der Waals surface area contributed by atoms with Gasteiger partial charge in [-0.3, -0.25) is 0 Å². The molecule has 0 aliphatic rings. The summed E-state index contributed by atoms with van der Waals surface area (Å²) < 4.78 is 11.3. The predicted octanol–water partition coefficient (Wildman–Crippen LogP) is 3.20. The minimum atomic E-state index is 0.0409. The van der Waals surface area contributed by atoms with E-state index in [0.29, 0.717) is 11.5 Å². The molecular formula is C12H13BrO2. The van der Waals surface area contributed by atoms with E-state index in [9.17, 15) is 0 Å². The number of hydrogen-bond donors (Lipinski definition) is 0. The highest BCUT2D eigenvalue weighted by molar-refractivity contribution is 9.10. The first-order valence-electron chi connectivity index (χ1n) is 4.52. The van der Waals surface area contributed by atoms with Crippen LogP contribution in [0.3, 0.4) is 0 Å². The van der Waals surface area contributed by atoms with Gasteiger partial charge in [-0.1, -0.05) is 12.0 Å². The number of rotatable bonds is 3. The lowest BCUT2D eigenvalue weighted by Crippen LogP contribution is -1.97. The second-order valence-corrected chi connectivity index (χ2v) is 3.89. The molecule has 1 aromatic rings. The predicted molar refractivity (Wildman–Crippen MR) is 64.5 cm³/mol. The minimum absolute atomic E-state index is 0.0409. The Bertz CT molecular complexity index is 393. The maximum Gasteiger partial charge on any atom is 0.175 e. The summed E-state index contributed by atoms with van der Waals surface area (Å²) in [5, 5.41) is 0. The van der Waals surface area contributed by atoms with Crippen molar-refractivity contribution >= 4 is 15.9 Å². The van der Waals surface area contributed by atoms with Gasteiger partial charge >= 0.3 is 0 Å². The SMILES string of the molecule is C#CC(C)c1ccc(OC)c(OC)c1Br. The average molecular weight is 269 g/mol. The summed E-state index contributed by atoms with van der Waals surface area (Å²) in [6, 6.07) is 3.79. The van der Waals surface area contributed by atoms with E-state index >= 15 is 0 Å². The van der Waals surface area contributed by atoms with Crippen molar-refractivity contribution in [1.82, 2.24) is 0 Å². The smallest absolute Gasteiger partial charge is 0.175 e. The van der Waals surface area contributed by atoms with E-state index in [1.165, 1.54) is 0 Å². The molecule has 1 rings (SSSR count). The molecule has 0 fully saturated rings. The third-order valence-electron chi connectivity index (χ3n) is 2.23. The van der Waals surface area contributed by atoms with Gasteiger partial charge in [-0.15, -0.1) is 6.42 Å². The van der Waals surface area contributed by atoms with E-state index in [1.54, 1.807) is 14.2 Å². The standard InChI is InChI=1S/C12H13BrO2/c1-5-8(2)9-6-7-10(14-3)12(15-4)11(9)13/h1,6-8H,2-4H3. The van der Waals surface area contributed by atoms with Crippen LogP contribution < -0.4 is 9.47 Å². The van der Waals surface area contributed by atoms with Crippen LogP contribution in [0, 0.1) is 12.3 Å². The maximum atomic E-state index is 5.39. The van der Waals surface area contributed by atoms with Crippen molar-refractivity contribution in [2.75, 3.05) is 14.2 Å². The molecule has 0 radical (unpaired) electrons. The molecule has 0 aliphatic carbocycles. The fourth-order valence-electron chi connectivity index (χ4n) is 1.33. The highest BCUT2D eigenvalue weighted by Gasteiger charge is 2.15. The van der Waals surface area contributed by atoms with E-state index in [-0.39, 0.29) is 5.92 Å². The molecule has 3 heteroatoms. The van der Waals surface area contributed by atoms with E-state index in [2.05, 4.69) is 21.9 Å². The van der Waals surface area contributed by atoms with Crippen LogP contribution in [0.5, 0.6) is 11.5 Å². The van der Waals surface area contributed by atoms with Gasteiger partial charge in [-0.2, -0.15) is 0 Å². The summed E-state index contributed by atoms with van der Waals surface area (Å²) in [5.41, 5.74) is 1.02. The number of methoxy groups -OCH3 is 2. The first kappa shape index (κ1) is 11.9. The zero-order valence-electron chi connectivity index (χ0n) is 9.00. The van der Waals surface area contributed by atoms with Crippen molar-refractivity contribution in [2.45, 2.75) is 12.8 Å². The Labute approximate surface area is 98.7 Å². The van der Waals surface area contributed by atoms with Gasteiger partial charge in [0.05, 0.1) is 18.7 Å². The summed E-state index contributed by atoms with van der Waals surface area (Å²) in [6.45, 7) is 1.96. The summed E-state index contributed by atoms with van der Waals surface area (Å²) in [7, 11) is 3.21. The highest BCUT2D eigenvalue weighted by Crippen LogP contribution is 2.39. The third kappa shape index (κ3) is 2.27. The van der Waals surface area contributed by atoms with Crippen LogP contribution in [0.25, 0.3) is 0 Å². The van der Waals surface area contributed by atoms with Crippen LogP contribution in [-0.2, 0) is 0 Å². The molecule has 0 spiro atoms. The molecule has 1 atom stereocenters. The first-order valence-corrected chi connectivity index (χ1v) is 5.31. The molecule has 2 nitrogen and oxygen atoms in total. The van der Waals surface area contributed by atoms with Crippen LogP contribution in [0.4, 0.5) is 0 Å². The van der Waals surface area contributed by atoms with Crippen LogP contribution in [0.15, 0.2) is 16.6 Å². The highest BCUT2D eigenvalue weighted by atomic mass is 79.9. The Morgan fingerprint density at radius 2 is 2.00 bits per heavy atom. The van der Waals surface area contributed by atoms with Gasteiger partial charge in [-0.05, 0) is 34.5 Å². The number of hydrogen-bond acceptors (Lipinski definition) is 2. The Hall–Kier alpha value is -1.14. The van der Waals surface area contributed by atoms with Crippen LogP contribution >= 0.6 is 15.9 Å². The first-order chi connectivity index (χ1) is 7.15. The van der Waals surface area contributed by atoms with Crippen molar-refractivity contribution in [3.63, 3.8) is 0 Å². The molecule has 0 amide bonds. The van der Waals surface area contributed by atoms with Gasteiger partial charge in [0.1, 0.15) is 0 Å². The van der Waals surface area contributed by atoms with Crippen LogP contribution in [-0.4, -0.2) is 14.2 Å². The van der Waals surface area contributed by atoms with Crippen LogP contribution in [0.1, 0.15) is 18.4 Å². The fraction of sp³-hybridized carbons (Fsp3) is 0.333. The lowest BCUT2D eigenvalue weighted by molar-refractivity contribution is 0.352. The lowest BCUT2D eigenvalue weighted by atomic mass is 10.0. The molecule has 0 aromatic heterocycles. The van der Waals surface area contributed by atoms with Gasteiger partial charge in [-0.25, -0.2) is 0 Å². The quantitative estimate of drug-likeness (QED) is 0.784. The van der Waals surface area contributed by atoms with Crippen molar-refractivity contribution < 1.29 is 9.47 Å². The van der Waals surface area contributed by atoms with E-state index in [0.717, 1.165) is 10.0 Å². The molecule has 0 aliphatic heterocycles.